The molecule has 0 aliphatic heterocycles. The van der Waals surface area contributed by atoms with E-state index in [-0.39, 0.29) is 13.2 Å². The predicted molar refractivity (Wildman–Crippen MR) is 81.2 cm³/mol. The third kappa shape index (κ3) is 4.13. The van der Waals surface area contributed by atoms with Crippen LogP contribution in [0, 0.1) is 6.92 Å². The molecule has 4 nitrogen and oxygen atoms in total. The van der Waals surface area contributed by atoms with Gasteiger partial charge in [-0.3, -0.25) is 0 Å². The summed E-state index contributed by atoms with van der Waals surface area (Å²) in [6.45, 7) is 2.10. The van der Waals surface area contributed by atoms with Crippen molar-refractivity contribution < 1.29 is 19.3 Å². The van der Waals surface area contributed by atoms with Crippen LogP contribution in [0.25, 0.3) is 0 Å². The normalized spacial score (nSPS) is 11.8. The standard InChI is InChI=1S/C17H20O4/c1-13-7-3-4-8-15(13)20-12-14(11-18)21-17-10-6-5-9-16(17)19-2/h3-10,14,18H,11-12H2,1-2H3. The lowest BCUT2D eigenvalue weighted by Gasteiger charge is -2.19. The molecule has 0 aliphatic rings. The summed E-state index contributed by atoms with van der Waals surface area (Å²) < 4.78 is 16.7. The molecule has 2 aromatic rings. The van der Waals surface area contributed by atoms with E-state index in [0.29, 0.717) is 11.5 Å². The number of hydrogen-bond donors (Lipinski definition) is 1. The van der Waals surface area contributed by atoms with Crippen molar-refractivity contribution in [3.63, 3.8) is 0 Å². The van der Waals surface area contributed by atoms with Gasteiger partial charge >= 0.3 is 0 Å². The first kappa shape index (κ1) is 15.2. The van der Waals surface area contributed by atoms with Crippen LogP contribution in [0.3, 0.4) is 0 Å². The Labute approximate surface area is 124 Å². The van der Waals surface area contributed by atoms with Crippen LogP contribution in [0.15, 0.2) is 48.5 Å². The minimum atomic E-state index is -0.457. The number of aliphatic hydroxyl groups excluding tert-OH is 1. The van der Waals surface area contributed by atoms with E-state index in [1.54, 1.807) is 13.2 Å². The molecule has 0 heterocycles. The topological polar surface area (TPSA) is 47.9 Å². The Bertz CT molecular complexity index is 568. The van der Waals surface area contributed by atoms with E-state index < -0.39 is 6.10 Å². The van der Waals surface area contributed by atoms with Crippen LogP contribution in [0.5, 0.6) is 17.2 Å². The Morgan fingerprint density at radius 2 is 1.57 bits per heavy atom. The maximum Gasteiger partial charge on any atom is 0.161 e. The Hall–Kier alpha value is -2.20. The molecule has 0 amide bonds. The molecule has 1 N–H and O–H groups in total. The largest absolute Gasteiger partial charge is 0.493 e. The van der Waals surface area contributed by atoms with Gasteiger partial charge in [0.05, 0.1) is 13.7 Å². The number of aliphatic hydroxyl groups is 1. The molecule has 2 rings (SSSR count). The second-order valence-electron chi connectivity index (χ2n) is 4.65. The number of methoxy groups -OCH3 is 1. The third-order valence-corrected chi connectivity index (χ3v) is 3.08. The van der Waals surface area contributed by atoms with Crippen molar-refractivity contribution >= 4 is 0 Å². The van der Waals surface area contributed by atoms with Crippen LogP contribution >= 0.6 is 0 Å². The third-order valence-electron chi connectivity index (χ3n) is 3.08. The highest BCUT2D eigenvalue weighted by molar-refractivity contribution is 5.39. The fraction of sp³-hybridized carbons (Fsp3) is 0.294. The molecule has 0 saturated carbocycles. The Kier molecular flexibility index (Phi) is 5.46. The van der Waals surface area contributed by atoms with Gasteiger partial charge in [0.15, 0.2) is 17.6 Å². The van der Waals surface area contributed by atoms with Gasteiger partial charge in [0, 0.05) is 0 Å². The average molecular weight is 288 g/mol. The van der Waals surface area contributed by atoms with Gasteiger partial charge in [0.25, 0.3) is 0 Å². The van der Waals surface area contributed by atoms with Gasteiger partial charge in [-0.05, 0) is 30.7 Å². The average Bonchev–Trinajstić information content (AvgIpc) is 2.53. The Morgan fingerprint density at radius 3 is 2.19 bits per heavy atom. The minimum absolute atomic E-state index is 0.135. The summed E-state index contributed by atoms with van der Waals surface area (Å²) in [6.07, 6.45) is -0.457. The van der Waals surface area contributed by atoms with E-state index in [0.717, 1.165) is 11.3 Å². The van der Waals surface area contributed by atoms with Crippen LogP contribution in [-0.2, 0) is 0 Å². The fourth-order valence-electron chi connectivity index (χ4n) is 1.92. The summed E-state index contributed by atoms with van der Waals surface area (Å²) >= 11 is 0. The van der Waals surface area contributed by atoms with Crippen LogP contribution < -0.4 is 14.2 Å². The minimum Gasteiger partial charge on any atom is -0.493 e. The van der Waals surface area contributed by atoms with Crippen molar-refractivity contribution in [3.8, 4) is 17.2 Å². The molecule has 0 fully saturated rings. The predicted octanol–water partition coefficient (Wildman–Crippen LogP) is 2.82. The fourth-order valence-corrected chi connectivity index (χ4v) is 1.92. The number of ether oxygens (including phenoxy) is 3. The highest BCUT2D eigenvalue weighted by Gasteiger charge is 2.13. The Balaban J connectivity index is 1.99. The van der Waals surface area contributed by atoms with Crippen molar-refractivity contribution in [1.29, 1.82) is 0 Å². The quantitative estimate of drug-likeness (QED) is 0.851. The van der Waals surface area contributed by atoms with Gasteiger partial charge in [0.1, 0.15) is 12.4 Å². The van der Waals surface area contributed by atoms with Crippen molar-refractivity contribution in [2.24, 2.45) is 0 Å². The van der Waals surface area contributed by atoms with Gasteiger partial charge in [0.2, 0.25) is 0 Å². The molecule has 0 aromatic heterocycles. The van der Waals surface area contributed by atoms with E-state index in [9.17, 15) is 5.11 Å². The van der Waals surface area contributed by atoms with Crippen LogP contribution in [-0.4, -0.2) is 31.5 Å². The summed E-state index contributed by atoms with van der Waals surface area (Å²) in [7, 11) is 1.58. The molecule has 0 spiro atoms. The van der Waals surface area contributed by atoms with Gasteiger partial charge in [-0.15, -0.1) is 0 Å². The molecule has 1 unspecified atom stereocenters. The van der Waals surface area contributed by atoms with Crippen LogP contribution in [0.2, 0.25) is 0 Å². The summed E-state index contributed by atoms with van der Waals surface area (Å²) in [6, 6.07) is 15.1. The summed E-state index contributed by atoms with van der Waals surface area (Å²) in [5.41, 5.74) is 1.05. The number of hydrogen-bond acceptors (Lipinski definition) is 4. The highest BCUT2D eigenvalue weighted by Crippen LogP contribution is 2.27. The molecular formula is C17H20O4. The van der Waals surface area contributed by atoms with Gasteiger partial charge < -0.3 is 19.3 Å². The van der Waals surface area contributed by atoms with E-state index in [1.807, 2.05) is 49.4 Å². The zero-order chi connectivity index (χ0) is 15.1. The van der Waals surface area contributed by atoms with E-state index in [4.69, 9.17) is 14.2 Å². The van der Waals surface area contributed by atoms with E-state index in [2.05, 4.69) is 0 Å². The second-order valence-corrected chi connectivity index (χ2v) is 4.65. The molecule has 0 aliphatic carbocycles. The molecule has 0 saturated heterocycles. The smallest absolute Gasteiger partial charge is 0.161 e. The monoisotopic (exact) mass is 288 g/mol. The van der Waals surface area contributed by atoms with Crippen LogP contribution in [0.1, 0.15) is 5.56 Å². The number of para-hydroxylation sites is 3. The molecule has 0 radical (unpaired) electrons. The first-order valence-corrected chi connectivity index (χ1v) is 6.83. The molecule has 0 bridgehead atoms. The van der Waals surface area contributed by atoms with E-state index >= 15 is 0 Å². The first-order chi connectivity index (χ1) is 10.2. The number of aryl methyl sites for hydroxylation is 1. The highest BCUT2D eigenvalue weighted by atomic mass is 16.6. The molecule has 112 valence electrons. The number of benzene rings is 2. The molecule has 2 aromatic carbocycles. The van der Waals surface area contributed by atoms with Crippen LogP contribution in [0.4, 0.5) is 0 Å². The van der Waals surface area contributed by atoms with Gasteiger partial charge in [-0.1, -0.05) is 30.3 Å². The maximum absolute atomic E-state index is 9.45. The lowest BCUT2D eigenvalue weighted by molar-refractivity contribution is 0.0694. The zero-order valence-electron chi connectivity index (χ0n) is 12.3. The zero-order valence-corrected chi connectivity index (χ0v) is 12.3. The van der Waals surface area contributed by atoms with E-state index in [1.165, 1.54) is 0 Å². The van der Waals surface area contributed by atoms with Crippen molar-refractivity contribution in [2.45, 2.75) is 13.0 Å². The summed E-state index contributed by atoms with van der Waals surface area (Å²) in [4.78, 5) is 0. The summed E-state index contributed by atoms with van der Waals surface area (Å²) in [5.74, 6) is 2.01. The maximum atomic E-state index is 9.45. The van der Waals surface area contributed by atoms with Gasteiger partial charge in [-0.25, -0.2) is 0 Å². The first-order valence-electron chi connectivity index (χ1n) is 6.83. The molecular weight excluding hydrogens is 268 g/mol. The SMILES string of the molecule is COc1ccccc1OC(CO)COc1ccccc1C. The Morgan fingerprint density at radius 1 is 0.952 bits per heavy atom. The van der Waals surface area contributed by atoms with Crippen molar-refractivity contribution in [2.75, 3.05) is 20.3 Å². The lowest BCUT2D eigenvalue weighted by atomic mass is 10.2. The summed E-state index contributed by atoms with van der Waals surface area (Å²) in [5, 5.41) is 9.45. The molecule has 1 atom stereocenters. The second kappa shape index (κ2) is 7.55. The van der Waals surface area contributed by atoms with Crippen molar-refractivity contribution in [1.82, 2.24) is 0 Å². The molecule has 4 heteroatoms. The number of rotatable bonds is 7. The van der Waals surface area contributed by atoms with Crippen molar-refractivity contribution in [3.05, 3.63) is 54.1 Å². The van der Waals surface area contributed by atoms with Gasteiger partial charge in [-0.2, -0.15) is 0 Å². The molecule has 21 heavy (non-hydrogen) atoms. The lowest BCUT2D eigenvalue weighted by Crippen LogP contribution is -2.28.